The molecule has 2 rings (SSSR count). The zero-order chi connectivity index (χ0) is 16.8. The van der Waals surface area contributed by atoms with Gasteiger partial charge >= 0.3 is 5.97 Å². The van der Waals surface area contributed by atoms with Gasteiger partial charge in [0.05, 0.1) is 0 Å². The predicted octanol–water partition coefficient (Wildman–Crippen LogP) is 3.57. The number of hydrogen-bond donors (Lipinski definition) is 2. The van der Waals surface area contributed by atoms with Crippen molar-refractivity contribution in [1.29, 1.82) is 0 Å². The van der Waals surface area contributed by atoms with Crippen molar-refractivity contribution in [1.82, 2.24) is 0 Å². The number of aliphatic carboxylic acids is 1. The van der Waals surface area contributed by atoms with E-state index in [2.05, 4.69) is 0 Å². The van der Waals surface area contributed by atoms with E-state index in [1.807, 2.05) is 18.2 Å². The van der Waals surface area contributed by atoms with Crippen LogP contribution in [0.25, 0.3) is 11.8 Å². The SMILES string of the molecule is O=C(O)/C(O)=c1\cccc\c1=C/CCC1=CC=C(Cl)C=C(Cl)C1. The molecule has 0 heterocycles. The normalized spacial score (nSPS) is 17.0. The van der Waals surface area contributed by atoms with Crippen LogP contribution in [0.1, 0.15) is 19.3 Å². The molecule has 0 saturated heterocycles. The van der Waals surface area contributed by atoms with Gasteiger partial charge < -0.3 is 10.2 Å². The number of carboxylic acids is 1. The van der Waals surface area contributed by atoms with Crippen LogP contribution in [0.4, 0.5) is 0 Å². The lowest BCUT2D eigenvalue weighted by molar-refractivity contribution is -0.132. The molecule has 0 saturated carbocycles. The zero-order valence-electron chi connectivity index (χ0n) is 12.3. The second kappa shape index (κ2) is 8.04. The summed E-state index contributed by atoms with van der Waals surface area (Å²) in [5, 5.41) is 20.9. The molecule has 0 atom stereocenters. The lowest BCUT2D eigenvalue weighted by atomic mass is 10.1. The first kappa shape index (κ1) is 17.4. The van der Waals surface area contributed by atoms with Crippen LogP contribution in [0.5, 0.6) is 0 Å². The van der Waals surface area contributed by atoms with Crippen molar-refractivity contribution in [2.45, 2.75) is 19.3 Å². The Kier molecular flexibility index (Phi) is 6.08. The molecule has 1 aromatic carbocycles. The van der Waals surface area contributed by atoms with E-state index in [0.717, 1.165) is 12.0 Å². The average molecular weight is 351 g/mol. The van der Waals surface area contributed by atoms with Crippen molar-refractivity contribution in [2.75, 3.05) is 0 Å². The van der Waals surface area contributed by atoms with Crippen LogP contribution < -0.4 is 10.4 Å². The summed E-state index contributed by atoms with van der Waals surface area (Å²) in [5.74, 6) is -1.99. The number of rotatable bonds is 4. The lowest BCUT2D eigenvalue weighted by Gasteiger charge is -2.03. The summed E-state index contributed by atoms with van der Waals surface area (Å²) in [7, 11) is 0. The van der Waals surface area contributed by atoms with Crippen molar-refractivity contribution in [3.05, 3.63) is 68.6 Å². The molecule has 0 spiro atoms. The third-order valence-electron chi connectivity index (χ3n) is 3.42. The van der Waals surface area contributed by atoms with Crippen LogP contribution in [0.3, 0.4) is 0 Å². The number of benzene rings is 1. The van der Waals surface area contributed by atoms with E-state index in [1.54, 1.807) is 30.3 Å². The van der Waals surface area contributed by atoms with Gasteiger partial charge in [-0.15, -0.1) is 0 Å². The Bertz CT molecular complexity index is 817. The van der Waals surface area contributed by atoms with Crippen molar-refractivity contribution in [3.63, 3.8) is 0 Å². The smallest absolute Gasteiger partial charge is 0.371 e. The Hall–Kier alpha value is -1.97. The molecule has 0 radical (unpaired) electrons. The molecule has 1 aromatic rings. The van der Waals surface area contributed by atoms with Crippen LogP contribution >= 0.6 is 23.2 Å². The van der Waals surface area contributed by atoms with E-state index >= 15 is 0 Å². The summed E-state index contributed by atoms with van der Waals surface area (Å²) in [4.78, 5) is 10.9. The maximum absolute atomic E-state index is 10.9. The highest BCUT2D eigenvalue weighted by Gasteiger charge is 2.06. The number of carbonyl (C=O) groups is 1. The van der Waals surface area contributed by atoms with E-state index in [9.17, 15) is 9.90 Å². The Morgan fingerprint density at radius 1 is 1.17 bits per heavy atom. The van der Waals surface area contributed by atoms with Crippen molar-refractivity contribution in [3.8, 4) is 0 Å². The molecule has 0 aliphatic heterocycles. The molecular weight excluding hydrogens is 335 g/mol. The molecule has 0 aromatic heterocycles. The molecule has 1 aliphatic rings. The first-order valence-corrected chi connectivity index (χ1v) is 7.86. The molecule has 0 amide bonds. The van der Waals surface area contributed by atoms with Crippen LogP contribution in [-0.2, 0) is 4.79 Å². The summed E-state index contributed by atoms with van der Waals surface area (Å²) >= 11 is 12.0. The number of hydrogen-bond acceptors (Lipinski definition) is 2. The monoisotopic (exact) mass is 350 g/mol. The van der Waals surface area contributed by atoms with E-state index in [-0.39, 0.29) is 0 Å². The van der Waals surface area contributed by atoms with Gasteiger partial charge in [0, 0.05) is 21.7 Å². The van der Waals surface area contributed by atoms with Crippen molar-refractivity contribution >= 4 is 41.0 Å². The third-order valence-corrected chi connectivity index (χ3v) is 3.89. The Balaban J connectivity index is 2.22. The Morgan fingerprint density at radius 2 is 1.91 bits per heavy atom. The van der Waals surface area contributed by atoms with Gasteiger partial charge in [0.1, 0.15) is 0 Å². The number of halogens is 2. The fourth-order valence-electron chi connectivity index (χ4n) is 2.31. The highest BCUT2D eigenvalue weighted by molar-refractivity contribution is 6.34. The fraction of sp³-hybridized carbons (Fsp3) is 0.167. The highest BCUT2D eigenvalue weighted by Crippen LogP contribution is 2.25. The molecular formula is C18H16Cl2O3. The minimum absolute atomic E-state index is 0.315. The molecule has 2 N–H and O–H groups in total. The summed E-state index contributed by atoms with van der Waals surface area (Å²) in [6.45, 7) is 0. The van der Waals surface area contributed by atoms with E-state index < -0.39 is 11.7 Å². The van der Waals surface area contributed by atoms with Crippen LogP contribution in [-0.4, -0.2) is 16.2 Å². The molecule has 23 heavy (non-hydrogen) atoms. The highest BCUT2D eigenvalue weighted by atomic mass is 35.5. The standard InChI is InChI=1S/C18H16Cl2O3/c19-14-9-8-12(10-15(20)11-14)4-3-6-13-5-1-2-7-16(13)17(21)18(22)23/h1-2,5-9,11,21H,3-4,10H2,(H,22,23)/b13-6+,17-16-. The fourth-order valence-corrected chi connectivity index (χ4v) is 2.85. The number of aliphatic hydroxyl groups excluding tert-OH is 1. The Labute approximate surface area is 144 Å². The molecule has 1 aliphatic carbocycles. The van der Waals surface area contributed by atoms with Gasteiger partial charge in [-0.05, 0) is 30.2 Å². The van der Waals surface area contributed by atoms with Gasteiger partial charge in [0.25, 0.3) is 0 Å². The van der Waals surface area contributed by atoms with Gasteiger partial charge in [-0.3, -0.25) is 0 Å². The quantitative estimate of drug-likeness (QED) is 0.872. The number of aliphatic hydroxyl groups is 1. The molecule has 0 bridgehead atoms. The first-order valence-electron chi connectivity index (χ1n) is 7.10. The molecule has 5 heteroatoms. The Morgan fingerprint density at radius 3 is 2.65 bits per heavy atom. The average Bonchev–Trinajstić information content (AvgIpc) is 2.67. The van der Waals surface area contributed by atoms with Crippen molar-refractivity contribution < 1.29 is 15.0 Å². The topological polar surface area (TPSA) is 57.5 Å². The van der Waals surface area contributed by atoms with Gasteiger partial charge in [-0.25, -0.2) is 4.79 Å². The van der Waals surface area contributed by atoms with E-state index in [4.69, 9.17) is 28.3 Å². The van der Waals surface area contributed by atoms with E-state index in [0.29, 0.717) is 33.3 Å². The third kappa shape index (κ3) is 5.02. The summed E-state index contributed by atoms with van der Waals surface area (Å²) < 4.78 is 0. The van der Waals surface area contributed by atoms with E-state index in [1.165, 1.54) is 0 Å². The molecule has 120 valence electrons. The largest absolute Gasteiger partial charge is 0.501 e. The zero-order valence-corrected chi connectivity index (χ0v) is 13.8. The summed E-state index contributed by atoms with van der Waals surface area (Å²) in [5.41, 5.74) is 1.14. The second-order valence-corrected chi connectivity index (χ2v) is 6.05. The first-order chi connectivity index (χ1) is 11.0. The second-order valence-electron chi connectivity index (χ2n) is 5.13. The lowest BCUT2D eigenvalue weighted by Crippen LogP contribution is -2.29. The number of allylic oxidation sites excluding steroid dienone is 6. The predicted molar refractivity (Wildman–Crippen MR) is 93.6 cm³/mol. The van der Waals surface area contributed by atoms with Crippen molar-refractivity contribution in [2.24, 2.45) is 0 Å². The van der Waals surface area contributed by atoms with Crippen LogP contribution in [0.15, 0.2) is 58.1 Å². The van der Waals surface area contributed by atoms with Crippen LogP contribution in [0.2, 0.25) is 0 Å². The van der Waals surface area contributed by atoms with Gasteiger partial charge in [0.2, 0.25) is 5.76 Å². The van der Waals surface area contributed by atoms with Crippen LogP contribution in [0, 0.1) is 0 Å². The number of carboxylic acid groups (broad SMARTS) is 1. The maximum atomic E-state index is 10.9. The minimum Gasteiger partial charge on any atom is -0.501 e. The molecule has 0 unspecified atom stereocenters. The maximum Gasteiger partial charge on any atom is 0.371 e. The van der Waals surface area contributed by atoms with Gasteiger partial charge in [-0.1, -0.05) is 65.2 Å². The molecule has 0 fully saturated rings. The minimum atomic E-state index is -1.34. The summed E-state index contributed by atoms with van der Waals surface area (Å²) in [6.07, 6.45) is 9.52. The summed E-state index contributed by atoms with van der Waals surface area (Å²) in [6, 6.07) is 6.86. The van der Waals surface area contributed by atoms with Gasteiger partial charge in [-0.2, -0.15) is 0 Å². The van der Waals surface area contributed by atoms with Gasteiger partial charge in [0.15, 0.2) is 0 Å². The molecule has 3 nitrogen and oxygen atoms in total.